The van der Waals surface area contributed by atoms with Crippen LogP contribution in [0.25, 0.3) is 5.69 Å². The van der Waals surface area contributed by atoms with E-state index in [0.717, 1.165) is 30.2 Å². The summed E-state index contributed by atoms with van der Waals surface area (Å²) in [4.78, 5) is 15.1. The third-order valence-corrected chi connectivity index (χ3v) is 5.86. The first-order valence-corrected chi connectivity index (χ1v) is 10.0. The molecule has 134 valence electrons. The van der Waals surface area contributed by atoms with Crippen molar-refractivity contribution < 1.29 is 4.79 Å². The summed E-state index contributed by atoms with van der Waals surface area (Å²) in [6.45, 7) is 4.83. The molecule has 5 nitrogen and oxygen atoms in total. The summed E-state index contributed by atoms with van der Waals surface area (Å²) >= 11 is 1.49. The highest BCUT2D eigenvalue weighted by molar-refractivity contribution is 8.00. The monoisotopic (exact) mass is 358 g/mol. The maximum Gasteiger partial charge on any atom is 0.236 e. The van der Waals surface area contributed by atoms with Crippen LogP contribution in [0.15, 0.2) is 41.8 Å². The Morgan fingerprint density at radius 2 is 2.00 bits per heavy atom. The number of hydrogen-bond donors (Lipinski definition) is 0. The van der Waals surface area contributed by atoms with Crippen LogP contribution < -0.4 is 0 Å². The zero-order valence-electron chi connectivity index (χ0n) is 15.0. The van der Waals surface area contributed by atoms with Crippen LogP contribution in [0.3, 0.4) is 0 Å². The van der Waals surface area contributed by atoms with Gasteiger partial charge in [0.05, 0.1) is 5.25 Å². The largest absolute Gasteiger partial charge is 0.339 e. The standard InChI is InChI=1S/C19H26N4OS/c1-3-22(16-10-6-4-7-11-16)18(24)15(2)25-19-21-20-14-23(19)17-12-8-5-9-13-17/h5,8-9,12-16H,3-4,6-7,10-11H2,1-2H3. The van der Waals surface area contributed by atoms with E-state index in [4.69, 9.17) is 0 Å². The van der Waals surface area contributed by atoms with Crippen LogP contribution in [0.1, 0.15) is 46.0 Å². The van der Waals surface area contributed by atoms with Gasteiger partial charge in [-0.25, -0.2) is 0 Å². The molecule has 1 heterocycles. The van der Waals surface area contributed by atoms with E-state index in [1.54, 1.807) is 6.33 Å². The van der Waals surface area contributed by atoms with Crippen molar-refractivity contribution in [2.24, 2.45) is 0 Å². The molecule has 1 aliphatic carbocycles. The molecular formula is C19H26N4OS. The first-order valence-electron chi connectivity index (χ1n) is 9.13. The molecule has 1 atom stereocenters. The minimum absolute atomic E-state index is 0.173. The number of rotatable bonds is 6. The highest BCUT2D eigenvalue weighted by atomic mass is 32.2. The van der Waals surface area contributed by atoms with E-state index in [-0.39, 0.29) is 11.2 Å². The molecule has 1 amide bonds. The number of benzene rings is 1. The molecule has 3 rings (SSSR count). The zero-order valence-corrected chi connectivity index (χ0v) is 15.8. The van der Waals surface area contributed by atoms with Gasteiger partial charge in [0.1, 0.15) is 6.33 Å². The second-order valence-electron chi connectivity index (χ2n) is 6.50. The molecule has 0 saturated heterocycles. The van der Waals surface area contributed by atoms with E-state index < -0.39 is 0 Å². The van der Waals surface area contributed by atoms with Gasteiger partial charge < -0.3 is 4.90 Å². The predicted molar refractivity (Wildman–Crippen MR) is 101 cm³/mol. The Balaban J connectivity index is 1.70. The van der Waals surface area contributed by atoms with Crippen LogP contribution in [0.5, 0.6) is 0 Å². The number of aromatic nitrogens is 3. The van der Waals surface area contributed by atoms with Crippen LogP contribution in [0, 0.1) is 0 Å². The van der Waals surface area contributed by atoms with Gasteiger partial charge in [0.15, 0.2) is 5.16 Å². The number of hydrogen-bond acceptors (Lipinski definition) is 4. The normalized spacial score (nSPS) is 16.6. The second kappa shape index (κ2) is 8.52. The number of carbonyl (C=O) groups is 1. The summed E-state index contributed by atoms with van der Waals surface area (Å²) in [7, 11) is 0. The number of para-hydroxylation sites is 1. The van der Waals surface area contributed by atoms with Gasteiger partial charge in [-0.15, -0.1) is 10.2 Å². The molecule has 25 heavy (non-hydrogen) atoms. The summed E-state index contributed by atoms with van der Waals surface area (Å²) in [5.41, 5.74) is 1.01. The quantitative estimate of drug-likeness (QED) is 0.734. The van der Waals surface area contributed by atoms with Gasteiger partial charge in [0, 0.05) is 18.3 Å². The lowest BCUT2D eigenvalue weighted by molar-refractivity contribution is -0.133. The fraction of sp³-hybridized carbons (Fsp3) is 0.526. The molecule has 1 aromatic carbocycles. The number of thioether (sulfide) groups is 1. The molecule has 0 bridgehead atoms. The summed E-state index contributed by atoms with van der Waals surface area (Å²) < 4.78 is 1.94. The Morgan fingerprint density at radius 3 is 2.68 bits per heavy atom. The molecule has 0 radical (unpaired) electrons. The van der Waals surface area contributed by atoms with E-state index in [1.165, 1.54) is 31.0 Å². The number of nitrogens with zero attached hydrogens (tertiary/aromatic N) is 4. The maximum absolute atomic E-state index is 13.0. The van der Waals surface area contributed by atoms with Gasteiger partial charge in [-0.05, 0) is 38.8 Å². The smallest absolute Gasteiger partial charge is 0.236 e. The van der Waals surface area contributed by atoms with Crippen molar-refractivity contribution in [1.82, 2.24) is 19.7 Å². The molecule has 6 heteroatoms. The first kappa shape index (κ1) is 18.0. The highest BCUT2D eigenvalue weighted by Crippen LogP contribution is 2.28. The predicted octanol–water partition coefficient (Wildman–Crippen LogP) is 3.93. The number of amides is 1. The van der Waals surface area contributed by atoms with Gasteiger partial charge in [-0.1, -0.05) is 49.2 Å². The molecule has 1 saturated carbocycles. The lowest BCUT2D eigenvalue weighted by Crippen LogP contribution is -2.44. The van der Waals surface area contributed by atoms with Gasteiger partial charge in [0.25, 0.3) is 0 Å². The summed E-state index contributed by atoms with van der Waals surface area (Å²) in [5, 5.41) is 8.83. The topological polar surface area (TPSA) is 51.0 Å². The Hall–Kier alpha value is -1.82. The zero-order chi connectivity index (χ0) is 17.6. The van der Waals surface area contributed by atoms with Crippen LogP contribution in [0.4, 0.5) is 0 Å². The summed E-state index contributed by atoms with van der Waals surface area (Å²) in [6.07, 6.45) is 7.74. The van der Waals surface area contributed by atoms with Gasteiger partial charge in [-0.2, -0.15) is 0 Å². The van der Waals surface area contributed by atoms with Crippen LogP contribution in [-0.2, 0) is 4.79 Å². The Labute approximate surface area is 153 Å². The minimum Gasteiger partial charge on any atom is -0.339 e. The third kappa shape index (κ3) is 4.24. The van der Waals surface area contributed by atoms with E-state index in [1.807, 2.05) is 41.8 Å². The fourth-order valence-electron chi connectivity index (χ4n) is 3.50. The van der Waals surface area contributed by atoms with Crippen LogP contribution in [-0.4, -0.2) is 43.4 Å². The second-order valence-corrected chi connectivity index (χ2v) is 7.80. The van der Waals surface area contributed by atoms with Crippen LogP contribution >= 0.6 is 11.8 Å². The van der Waals surface area contributed by atoms with Crippen molar-refractivity contribution in [3.8, 4) is 5.69 Å². The van der Waals surface area contributed by atoms with Crippen molar-refractivity contribution in [2.75, 3.05) is 6.54 Å². The first-order chi connectivity index (χ1) is 12.2. The van der Waals surface area contributed by atoms with E-state index in [9.17, 15) is 4.79 Å². The average Bonchev–Trinajstić information content (AvgIpc) is 3.12. The van der Waals surface area contributed by atoms with Gasteiger partial charge >= 0.3 is 0 Å². The summed E-state index contributed by atoms with van der Waals surface area (Å²) in [6, 6.07) is 10.4. The molecule has 0 spiro atoms. The molecule has 0 N–H and O–H groups in total. The Bertz CT molecular complexity index is 682. The minimum atomic E-state index is -0.173. The lowest BCUT2D eigenvalue weighted by Gasteiger charge is -2.35. The van der Waals surface area contributed by atoms with Crippen molar-refractivity contribution in [1.29, 1.82) is 0 Å². The van der Waals surface area contributed by atoms with Gasteiger partial charge in [0.2, 0.25) is 5.91 Å². The third-order valence-electron chi connectivity index (χ3n) is 4.82. The molecule has 1 unspecified atom stereocenters. The van der Waals surface area contributed by atoms with Crippen molar-refractivity contribution in [3.63, 3.8) is 0 Å². The Kier molecular flexibility index (Phi) is 6.13. The lowest BCUT2D eigenvalue weighted by atomic mass is 9.94. The van der Waals surface area contributed by atoms with Crippen molar-refractivity contribution in [3.05, 3.63) is 36.7 Å². The van der Waals surface area contributed by atoms with Crippen LogP contribution in [0.2, 0.25) is 0 Å². The molecule has 1 fully saturated rings. The van der Waals surface area contributed by atoms with Crippen molar-refractivity contribution in [2.45, 2.75) is 62.4 Å². The molecule has 2 aromatic rings. The van der Waals surface area contributed by atoms with Crippen molar-refractivity contribution >= 4 is 17.7 Å². The molecule has 1 aliphatic rings. The fourth-order valence-corrected chi connectivity index (χ4v) is 4.41. The van der Waals surface area contributed by atoms with E-state index in [2.05, 4.69) is 22.0 Å². The molecule has 1 aromatic heterocycles. The average molecular weight is 359 g/mol. The molecule has 0 aliphatic heterocycles. The SMILES string of the molecule is CCN(C(=O)C(C)Sc1nncn1-c1ccccc1)C1CCCCC1. The van der Waals surface area contributed by atoms with E-state index >= 15 is 0 Å². The highest BCUT2D eigenvalue weighted by Gasteiger charge is 2.28. The maximum atomic E-state index is 13.0. The Morgan fingerprint density at radius 1 is 1.28 bits per heavy atom. The van der Waals surface area contributed by atoms with Gasteiger partial charge in [-0.3, -0.25) is 9.36 Å². The van der Waals surface area contributed by atoms with E-state index in [0.29, 0.717) is 6.04 Å². The summed E-state index contributed by atoms with van der Waals surface area (Å²) in [5.74, 6) is 0.210. The molecular weight excluding hydrogens is 332 g/mol. The number of carbonyl (C=O) groups excluding carboxylic acids is 1.